The largest absolute Gasteiger partial charge is 0.341 e. The molecule has 0 spiro atoms. The van der Waals surface area contributed by atoms with Crippen molar-refractivity contribution in [2.75, 3.05) is 20.1 Å². The number of likely N-dealkylation sites (tertiary alicyclic amines) is 1. The Morgan fingerprint density at radius 2 is 1.95 bits per heavy atom. The van der Waals surface area contributed by atoms with Crippen LogP contribution in [0.5, 0.6) is 0 Å². The van der Waals surface area contributed by atoms with E-state index in [9.17, 15) is 4.79 Å². The first-order chi connectivity index (χ1) is 10.2. The van der Waals surface area contributed by atoms with Gasteiger partial charge in [-0.15, -0.1) is 0 Å². The molecule has 21 heavy (non-hydrogen) atoms. The number of fused-ring (bicyclic) bond motifs is 2. The number of benzene rings is 1. The van der Waals surface area contributed by atoms with E-state index < -0.39 is 0 Å². The fourth-order valence-electron chi connectivity index (χ4n) is 3.52. The van der Waals surface area contributed by atoms with E-state index in [1.165, 1.54) is 12.8 Å². The van der Waals surface area contributed by atoms with Crippen LogP contribution in [0.15, 0.2) is 24.3 Å². The predicted octanol–water partition coefficient (Wildman–Crippen LogP) is 1.80. The zero-order chi connectivity index (χ0) is 14.8. The molecule has 2 fully saturated rings. The lowest BCUT2D eigenvalue weighted by Gasteiger charge is -2.26. The second kappa shape index (κ2) is 5.87. The number of nitrogens with zero attached hydrogens (tertiary/aromatic N) is 3. The van der Waals surface area contributed by atoms with E-state index in [0.717, 1.165) is 25.1 Å². The summed E-state index contributed by atoms with van der Waals surface area (Å²) in [6.07, 6.45) is 4.01. The molecule has 2 bridgehead atoms. The van der Waals surface area contributed by atoms with Crippen LogP contribution in [0.25, 0.3) is 0 Å². The molecule has 2 aliphatic heterocycles. The highest BCUT2D eigenvalue weighted by Gasteiger charge is 2.35. The van der Waals surface area contributed by atoms with Gasteiger partial charge in [-0.05, 0) is 44.0 Å². The van der Waals surface area contributed by atoms with Gasteiger partial charge < -0.3 is 4.90 Å². The van der Waals surface area contributed by atoms with Crippen LogP contribution in [0.2, 0.25) is 0 Å². The standard InChI is InChI=1S/C17H21N3O/c1-19-15-6-7-16(19)12-20(9-8-15)17(21)10-13-2-4-14(11-18)5-3-13/h2-5,15-16H,6-10,12H2,1H3. The van der Waals surface area contributed by atoms with Crippen LogP contribution in [0.1, 0.15) is 30.4 Å². The van der Waals surface area contributed by atoms with Gasteiger partial charge in [0.05, 0.1) is 18.1 Å². The number of carbonyl (C=O) groups is 1. The van der Waals surface area contributed by atoms with Gasteiger partial charge >= 0.3 is 0 Å². The van der Waals surface area contributed by atoms with E-state index in [1.807, 2.05) is 17.0 Å². The summed E-state index contributed by atoms with van der Waals surface area (Å²) in [6.45, 7) is 1.74. The van der Waals surface area contributed by atoms with Crippen LogP contribution in [0.3, 0.4) is 0 Å². The molecule has 0 aliphatic carbocycles. The molecule has 3 rings (SSSR count). The van der Waals surface area contributed by atoms with E-state index in [1.54, 1.807) is 12.1 Å². The summed E-state index contributed by atoms with van der Waals surface area (Å²) in [5.74, 6) is 0.209. The van der Waals surface area contributed by atoms with E-state index in [4.69, 9.17) is 5.26 Å². The number of carbonyl (C=O) groups excluding carboxylic acids is 1. The van der Waals surface area contributed by atoms with Crippen molar-refractivity contribution in [1.82, 2.24) is 9.80 Å². The second-order valence-corrected chi connectivity index (χ2v) is 6.16. The number of rotatable bonds is 2. The molecule has 4 heteroatoms. The molecule has 2 heterocycles. The summed E-state index contributed by atoms with van der Waals surface area (Å²) in [6, 6.07) is 10.6. The van der Waals surface area contributed by atoms with Crippen LogP contribution in [0.4, 0.5) is 0 Å². The maximum atomic E-state index is 12.5. The third-order valence-corrected chi connectivity index (χ3v) is 4.94. The van der Waals surface area contributed by atoms with Crippen molar-refractivity contribution < 1.29 is 4.79 Å². The molecule has 1 aromatic rings. The Balaban J connectivity index is 1.64. The van der Waals surface area contributed by atoms with Gasteiger partial charge in [-0.2, -0.15) is 5.26 Å². The van der Waals surface area contributed by atoms with Crippen molar-refractivity contribution in [3.63, 3.8) is 0 Å². The average molecular weight is 283 g/mol. The summed E-state index contributed by atoms with van der Waals surface area (Å²) in [5.41, 5.74) is 1.63. The molecule has 2 unspecified atom stereocenters. The normalized spacial score (nSPS) is 25.4. The summed E-state index contributed by atoms with van der Waals surface area (Å²) in [4.78, 5) is 17.0. The Morgan fingerprint density at radius 1 is 1.24 bits per heavy atom. The Labute approximate surface area is 126 Å². The quantitative estimate of drug-likeness (QED) is 0.831. The van der Waals surface area contributed by atoms with Crippen molar-refractivity contribution >= 4 is 5.91 Å². The van der Waals surface area contributed by atoms with Gasteiger partial charge in [0, 0.05) is 25.2 Å². The Hall–Kier alpha value is -1.86. The summed E-state index contributed by atoms with van der Waals surface area (Å²) >= 11 is 0. The van der Waals surface area contributed by atoms with Gasteiger partial charge in [0.15, 0.2) is 0 Å². The minimum Gasteiger partial charge on any atom is -0.341 e. The van der Waals surface area contributed by atoms with Gasteiger partial charge in [0.25, 0.3) is 0 Å². The lowest BCUT2D eigenvalue weighted by Crippen LogP contribution is -2.40. The molecule has 1 amide bonds. The van der Waals surface area contributed by atoms with Gasteiger partial charge in [0.2, 0.25) is 5.91 Å². The molecule has 4 nitrogen and oxygen atoms in total. The van der Waals surface area contributed by atoms with Crippen molar-refractivity contribution in [1.29, 1.82) is 5.26 Å². The Kier molecular flexibility index (Phi) is 3.94. The molecular formula is C17H21N3O. The third-order valence-electron chi connectivity index (χ3n) is 4.94. The second-order valence-electron chi connectivity index (χ2n) is 6.16. The number of nitriles is 1. The molecule has 1 aromatic carbocycles. The molecule has 0 radical (unpaired) electrons. The highest BCUT2D eigenvalue weighted by Crippen LogP contribution is 2.28. The van der Waals surface area contributed by atoms with Crippen LogP contribution >= 0.6 is 0 Å². The first-order valence-corrected chi connectivity index (χ1v) is 7.66. The van der Waals surface area contributed by atoms with Crippen LogP contribution in [0, 0.1) is 11.3 Å². The highest BCUT2D eigenvalue weighted by atomic mass is 16.2. The molecule has 2 saturated heterocycles. The Bertz CT molecular complexity index is 560. The monoisotopic (exact) mass is 283 g/mol. The number of likely N-dealkylation sites (N-methyl/N-ethyl adjacent to an activating group) is 1. The van der Waals surface area contributed by atoms with E-state index in [-0.39, 0.29) is 5.91 Å². The molecule has 2 atom stereocenters. The zero-order valence-corrected chi connectivity index (χ0v) is 12.5. The fraction of sp³-hybridized carbons (Fsp3) is 0.529. The number of hydrogen-bond donors (Lipinski definition) is 0. The fourth-order valence-corrected chi connectivity index (χ4v) is 3.52. The maximum Gasteiger partial charge on any atom is 0.227 e. The summed E-state index contributed by atoms with van der Waals surface area (Å²) < 4.78 is 0. The van der Waals surface area contributed by atoms with Crippen molar-refractivity contribution in [3.05, 3.63) is 35.4 Å². The molecule has 110 valence electrons. The van der Waals surface area contributed by atoms with Crippen molar-refractivity contribution in [3.8, 4) is 6.07 Å². The van der Waals surface area contributed by atoms with E-state index >= 15 is 0 Å². The third kappa shape index (κ3) is 2.93. The zero-order valence-electron chi connectivity index (χ0n) is 12.5. The first-order valence-electron chi connectivity index (χ1n) is 7.66. The van der Waals surface area contributed by atoms with Crippen LogP contribution < -0.4 is 0 Å². The summed E-state index contributed by atoms with van der Waals surface area (Å²) in [7, 11) is 2.19. The van der Waals surface area contributed by atoms with E-state index in [0.29, 0.717) is 24.1 Å². The van der Waals surface area contributed by atoms with Crippen LogP contribution in [-0.4, -0.2) is 47.9 Å². The SMILES string of the molecule is CN1C2CCC1CN(C(=O)Cc1ccc(C#N)cc1)CC2. The van der Waals surface area contributed by atoms with Gasteiger partial charge in [-0.1, -0.05) is 12.1 Å². The maximum absolute atomic E-state index is 12.5. The van der Waals surface area contributed by atoms with Gasteiger partial charge in [-0.25, -0.2) is 0 Å². The summed E-state index contributed by atoms with van der Waals surface area (Å²) in [5, 5.41) is 8.80. The molecule has 0 saturated carbocycles. The number of hydrogen-bond acceptors (Lipinski definition) is 3. The lowest BCUT2D eigenvalue weighted by molar-refractivity contribution is -0.130. The van der Waals surface area contributed by atoms with Gasteiger partial charge in [0.1, 0.15) is 0 Å². The van der Waals surface area contributed by atoms with Crippen molar-refractivity contribution in [2.45, 2.75) is 37.8 Å². The molecule has 0 aromatic heterocycles. The molecular weight excluding hydrogens is 262 g/mol. The minimum atomic E-state index is 0.209. The average Bonchev–Trinajstić information content (AvgIpc) is 2.72. The lowest BCUT2D eigenvalue weighted by atomic mass is 10.1. The smallest absolute Gasteiger partial charge is 0.227 e. The molecule has 2 aliphatic rings. The highest BCUT2D eigenvalue weighted by molar-refractivity contribution is 5.79. The van der Waals surface area contributed by atoms with Crippen molar-refractivity contribution in [2.24, 2.45) is 0 Å². The topological polar surface area (TPSA) is 47.3 Å². The number of amides is 1. The predicted molar refractivity (Wildman–Crippen MR) is 80.6 cm³/mol. The first kappa shape index (κ1) is 14.1. The van der Waals surface area contributed by atoms with E-state index in [2.05, 4.69) is 18.0 Å². The van der Waals surface area contributed by atoms with Crippen LogP contribution in [-0.2, 0) is 11.2 Å². The van der Waals surface area contributed by atoms with Gasteiger partial charge in [-0.3, -0.25) is 9.69 Å². The minimum absolute atomic E-state index is 0.209. The Morgan fingerprint density at radius 3 is 2.67 bits per heavy atom. The molecule has 0 N–H and O–H groups in total.